The van der Waals surface area contributed by atoms with E-state index in [0.29, 0.717) is 13.1 Å². The molecule has 0 saturated carbocycles. The van der Waals surface area contributed by atoms with Gasteiger partial charge in [-0.15, -0.1) is 0 Å². The third-order valence-corrected chi connectivity index (χ3v) is 4.45. The zero-order chi connectivity index (χ0) is 16.7. The van der Waals surface area contributed by atoms with Crippen LogP contribution in [0.15, 0.2) is 24.3 Å². The van der Waals surface area contributed by atoms with E-state index in [-0.39, 0.29) is 18.1 Å². The minimum Gasteiger partial charge on any atom is -0.364 e. The summed E-state index contributed by atoms with van der Waals surface area (Å²) in [6, 6.07) is 8.43. The summed E-state index contributed by atoms with van der Waals surface area (Å²) < 4.78 is 5.61. The van der Waals surface area contributed by atoms with Gasteiger partial charge in [0.25, 0.3) is 0 Å². The van der Waals surface area contributed by atoms with E-state index in [1.165, 1.54) is 5.56 Å². The Bertz CT molecular complexity index is 486. The van der Waals surface area contributed by atoms with Crippen LogP contribution in [0.4, 0.5) is 0 Å². The third-order valence-electron chi connectivity index (χ3n) is 4.45. The lowest BCUT2D eigenvalue weighted by Gasteiger charge is -2.18. The summed E-state index contributed by atoms with van der Waals surface area (Å²) in [6.45, 7) is 8.45. The van der Waals surface area contributed by atoms with E-state index in [0.717, 1.165) is 38.0 Å². The molecule has 5 nitrogen and oxygen atoms in total. The first-order chi connectivity index (χ1) is 11.2. The molecule has 3 N–H and O–H groups in total. The average molecular weight is 319 g/mol. The standard InChI is InChI=1S/C18H29N3O2/c1-3-21(4-2)13-15-7-5-14(6-8-15)12-20-18(22)17-10-9-16(11-19)23-17/h5-8,16-17H,3-4,9-13,19H2,1-2H3,(H,20,22)/t16-,17+/m1/s1. The van der Waals surface area contributed by atoms with E-state index >= 15 is 0 Å². The molecule has 0 radical (unpaired) electrons. The Morgan fingerprint density at radius 3 is 2.43 bits per heavy atom. The van der Waals surface area contributed by atoms with Gasteiger partial charge in [0.2, 0.25) is 5.91 Å². The molecule has 1 amide bonds. The number of nitrogens with zero attached hydrogens (tertiary/aromatic N) is 1. The van der Waals surface area contributed by atoms with Gasteiger partial charge in [-0.25, -0.2) is 0 Å². The number of nitrogens with one attached hydrogen (secondary N) is 1. The zero-order valence-corrected chi connectivity index (χ0v) is 14.3. The topological polar surface area (TPSA) is 67.6 Å². The lowest BCUT2D eigenvalue weighted by molar-refractivity contribution is -0.132. The summed E-state index contributed by atoms with van der Waals surface area (Å²) in [5, 5.41) is 2.95. The first kappa shape index (κ1) is 17.9. The largest absolute Gasteiger partial charge is 0.364 e. The maximum atomic E-state index is 12.1. The number of benzene rings is 1. The second-order valence-corrected chi connectivity index (χ2v) is 6.06. The molecular weight excluding hydrogens is 290 g/mol. The Labute approximate surface area is 139 Å². The number of carbonyl (C=O) groups excluding carboxylic acids is 1. The van der Waals surface area contributed by atoms with E-state index in [1.807, 2.05) is 0 Å². The van der Waals surface area contributed by atoms with Crippen LogP contribution in [-0.2, 0) is 22.6 Å². The fourth-order valence-corrected chi connectivity index (χ4v) is 2.84. The fourth-order valence-electron chi connectivity index (χ4n) is 2.84. The Morgan fingerprint density at radius 1 is 1.22 bits per heavy atom. The molecule has 1 aliphatic heterocycles. The molecule has 1 heterocycles. The highest BCUT2D eigenvalue weighted by molar-refractivity contribution is 5.81. The van der Waals surface area contributed by atoms with Gasteiger partial charge in [0.1, 0.15) is 6.10 Å². The normalized spacial score (nSPS) is 20.9. The highest BCUT2D eigenvalue weighted by Crippen LogP contribution is 2.19. The van der Waals surface area contributed by atoms with Gasteiger partial charge in [0.15, 0.2) is 0 Å². The molecule has 1 aliphatic rings. The molecule has 1 aromatic carbocycles. The monoisotopic (exact) mass is 319 g/mol. The van der Waals surface area contributed by atoms with E-state index in [2.05, 4.69) is 48.3 Å². The van der Waals surface area contributed by atoms with Crippen molar-refractivity contribution in [2.75, 3.05) is 19.6 Å². The second-order valence-electron chi connectivity index (χ2n) is 6.06. The van der Waals surface area contributed by atoms with Crippen molar-refractivity contribution in [3.05, 3.63) is 35.4 Å². The van der Waals surface area contributed by atoms with E-state index in [9.17, 15) is 4.79 Å². The number of amides is 1. The maximum absolute atomic E-state index is 12.1. The average Bonchev–Trinajstić information content (AvgIpc) is 3.08. The quantitative estimate of drug-likeness (QED) is 0.764. The van der Waals surface area contributed by atoms with Gasteiger partial charge < -0.3 is 15.8 Å². The molecule has 0 aromatic heterocycles. The molecule has 1 fully saturated rings. The molecule has 0 bridgehead atoms. The molecule has 0 aliphatic carbocycles. The van der Waals surface area contributed by atoms with Crippen LogP contribution in [0.5, 0.6) is 0 Å². The molecular formula is C18H29N3O2. The number of hydrogen-bond donors (Lipinski definition) is 2. The Kier molecular flexibility index (Phi) is 7.02. The maximum Gasteiger partial charge on any atom is 0.249 e. The second kappa shape index (κ2) is 9.01. The van der Waals surface area contributed by atoms with E-state index in [1.54, 1.807) is 0 Å². The molecule has 5 heteroatoms. The molecule has 23 heavy (non-hydrogen) atoms. The lowest BCUT2D eigenvalue weighted by Crippen LogP contribution is -2.35. The summed E-state index contributed by atoms with van der Waals surface area (Å²) in [5.74, 6) is -0.0341. The predicted molar refractivity (Wildman–Crippen MR) is 91.9 cm³/mol. The van der Waals surface area contributed by atoms with Crippen molar-refractivity contribution in [3.63, 3.8) is 0 Å². The van der Waals surface area contributed by atoms with Gasteiger partial charge in [0, 0.05) is 19.6 Å². The lowest BCUT2D eigenvalue weighted by atomic mass is 10.1. The predicted octanol–water partition coefficient (Wildman–Crippen LogP) is 1.65. The first-order valence-electron chi connectivity index (χ1n) is 8.59. The number of carbonyl (C=O) groups is 1. The number of rotatable bonds is 8. The smallest absolute Gasteiger partial charge is 0.249 e. The van der Waals surface area contributed by atoms with Gasteiger partial charge in [0.05, 0.1) is 6.10 Å². The molecule has 1 aromatic rings. The van der Waals surface area contributed by atoms with Crippen LogP contribution in [0.2, 0.25) is 0 Å². The van der Waals surface area contributed by atoms with Crippen LogP contribution in [0, 0.1) is 0 Å². The van der Waals surface area contributed by atoms with Crippen LogP contribution in [0.3, 0.4) is 0 Å². The minimum absolute atomic E-state index is 0.0325. The molecule has 2 atom stereocenters. The van der Waals surface area contributed by atoms with Gasteiger partial charge in [-0.2, -0.15) is 0 Å². The van der Waals surface area contributed by atoms with Crippen LogP contribution in [-0.4, -0.2) is 42.6 Å². The van der Waals surface area contributed by atoms with Gasteiger partial charge in [-0.1, -0.05) is 38.1 Å². The molecule has 0 unspecified atom stereocenters. The van der Waals surface area contributed by atoms with Crippen molar-refractivity contribution in [1.82, 2.24) is 10.2 Å². The summed E-state index contributed by atoms with van der Waals surface area (Å²) in [4.78, 5) is 14.5. The number of hydrogen-bond acceptors (Lipinski definition) is 4. The van der Waals surface area contributed by atoms with E-state index in [4.69, 9.17) is 10.5 Å². The third kappa shape index (κ3) is 5.30. The Balaban J connectivity index is 1.78. The highest BCUT2D eigenvalue weighted by Gasteiger charge is 2.29. The Hall–Kier alpha value is -1.43. The minimum atomic E-state index is -0.342. The summed E-state index contributed by atoms with van der Waals surface area (Å²) in [6.07, 6.45) is 1.32. The van der Waals surface area contributed by atoms with Crippen LogP contribution in [0.25, 0.3) is 0 Å². The van der Waals surface area contributed by atoms with Crippen LogP contribution < -0.4 is 11.1 Å². The molecule has 1 saturated heterocycles. The van der Waals surface area contributed by atoms with Crippen molar-refractivity contribution < 1.29 is 9.53 Å². The van der Waals surface area contributed by atoms with Gasteiger partial charge in [-0.05, 0) is 37.1 Å². The molecule has 128 valence electrons. The highest BCUT2D eigenvalue weighted by atomic mass is 16.5. The first-order valence-corrected chi connectivity index (χ1v) is 8.59. The van der Waals surface area contributed by atoms with Crippen molar-refractivity contribution in [2.45, 2.75) is 52.0 Å². The number of nitrogens with two attached hydrogens (primary N) is 1. The summed E-state index contributed by atoms with van der Waals surface area (Å²) in [7, 11) is 0. The zero-order valence-electron chi connectivity index (χ0n) is 14.3. The van der Waals surface area contributed by atoms with Crippen molar-refractivity contribution in [3.8, 4) is 0 Å². The van der Waals surface area contributed by atoms with Crippen LogP contribution in [0.1, 0.15) is 37.8 Å². The number of ether oxygens (including phenoxy) is 1. The molecule has 2 rings (SSSR count). The van der Waals surface area contributed by atoms with Crippen LogP contribution >= 0.6 is 0 Å². The van der Waals surface area contributed by atoms with Gasteiger partial charge in [-0.3, -0.25) is 9.69 Å². The van der Waals surface area contributed by atoms with E-state index < -0.39 is 0 Å². The fraction of sp³-hybridized carbons (Fsp3) is 0.611. The van der Waals surface area contributed by atoms with Crippen molar-refractivity contribution in [1.29, 1.82) is 0 Å². The van der Waals surface area contributed by atoms with Gasteiger partial charge >= 0.3 is 0 Å². The Morgan fingerprint density at radius 2 is 1.87 bits per heavy atom. The van der Waals surface area contributed by atoms with Crippen molar-refractivity contribution in [2.24, 2.45) is 5.73 Å². The molecule has 0 spiro atoms. The summed E-state index contributed by atoms with van der Waals surface area (Å²) >= 11 is 0. The SMILES string of the molecule is CCN(CC)Cc1ccc(CNC(=O)[C@@H]2CC[C@H](CN)O2)cc1. The van der Waals surface area contributed by atoms with Crippen molar-refractivity contribution >= 4 is 5.91 Å². The summed E-state index contributed by atoms with van der Waals surface area (Å²) in [5.41, 5.74) is 7.98.